The second kappa shape index (κ2) is 7.15. The quantitative estimate of drug-likeness (QED) is 0.896. The molecule has 1 aromatic rings. The number of rotatable bonds is 5. The lowest BCUT2D eigenvalue weighted by Gasteiger charge is -2.43. The lowest BCUT2D eigenvalue weighted by Crippen LogP contribution is -2.50. The Balaban J connectivity index is 1.59. The number of piperidine rings is 1. The summed E-state index contributed by atoms with van der Waals surface area (Å²) in [6.45, 7) is 6.41. The van der Waals surface area contributed by atoms with Crippen LogP contribution in [0.15, 0.2) is 16.5 Å². The molecule has 2 saturated heterocycles. The van der Waals surface area contributed by atoms with Gasteiger partial charge in [0.2, 0.25) is 0 Å². The molecule has 3 heterocycles. The number of amides is 2. The summed E-state index contributed by atoms with van der Waals surface area (Å²) in [6.07, 6.45) is 3.42. The molecule has 6 nitrogen and oxygen atoms in total. The van der Waals surface area contributed by atoms with Crippen LogP contribution in [0.1, 0.15) is 30.8 Å². The summed E-state index contributed by atoms with van der Waals surface area (Å²) in [4.78, 5) is 15.8. The summed E-state index contributed by atoms with van der Waals surface area (Å²) in [5, 5.41) is 3.00. The molecule has 2 aliphatic heterocycles. The van der Waals surface area contributed by atoms with E-state index in [0.717, 1.165) is 57.0 Å². The van der Waals surface area contributed by atoms with Gasteiger partial charge in [0.25, 0.3) is 0 Å². The van der Waals surface area contributed by atoms with Crippen molar-refractivity contribution in [1.29, 1.82) is 0 Å². The summed E-state index contributed by atoms with van der Waals surface area (Å²) in [5.41, 5.74) is 0.152. The zero-order valence-corrected chi connectivity index (χ0v) is 15.0. The molecule has 24 heavy (non-hydrogen) atoms. The van der Waals surface area contributed by atoms with Crippen molar-refractivity contribution in [3.8, 4) is 0 Å². The predicted molar refractivity (Wildman–Crippen MR) is 91.8 cm³/mol. The van der Waals surface area contributed by atoms with Gasteiger partial charge in [0.1, 0.15) is 11.5 Å². The van der Waals surface area contributed by atoms with E-state index in [9.17, 15) is 4.79 Å². The highest BCUT2D eigenvalue weighted by atomic mass is 16.5. The summed E-state index contributed by atoms with van der Waals surface area (Å²) in [7, 11) is 3.53. The van der Waals surface area contributed by atoms with Crippen LogP contribution in [0.2, 0.25) is 0 Å². The molecule has 0 aromatic carbocycles. The Bertz CT molecular complexity index is 572. The van der Waals surface area contributed by atoms with Crippen molar-refractivity contribution < 1.29 is 13.9 Å². The number of nitrogens with one attached hydrogen (secondary N) is 1. The lowest BCUT2D eigenvalue weighted by atomic mass is 9.74. The van der Waals surface area contributed by atoms with E-state index in [4.69, 9.17) is 9.15 Å². The molecular formula is C18H29N3O3. The van der Waals surface area contributed by atoms with Gasteiger partial charge in [-0.3, -0.25) is 4.90 Å². The number of ether oxygens (including phenoxy) is 1. The molecule has 0 radical (unpaired) electrons. The molecule has 0 saturated carbocycles. The fraction of sp³-hybridized carbons (Fsp3) is 0.722. The monoisotopic (exact) mass is 335 g/mol. The number of likely N-dealkylation sites (tertiary alicyclic amines) is 1. The topological polar surface area (TPSA) is 58.0 Å². The van der Waals surface area contributed by atoms with Gasteiger partial charge in [0, 0.05) is 45.8 Å². The third-order valence-corrected chi connectivity index (χ3v) is 5.33. The van der Waals surface area contributed by atoms with Gasteiger partial charge in [-0.05, 0) is 38.3 Å². The van der Waals surface area contributed by atoms with Crippen molar-refractivity contribution in [2.24, 2.45) is 5.41 Å². The van der Waals surface area contributed by atoms with Crippen molar-refractivity contribution in [2.45, 2.75) is 38.8 Å². The van der Waals surface area contributed by atoms with Crippen molar-refractivity contribution in [1.82, 2.24) is 15.1 Å². The van der Waals surface area contributed by atoms with Gasteiger partial charge in [-0.15, -0.1) is 0 Å². The first kappa shape index (κ1) is 17.3. The predicted octanol–water partition coefficient (Wildman–Crippen LogP) is 2.23. The molecule has 1 aromatic heterocycles. The van der Waals surface area contributed by atoms with E-state index in [1.54, 1.807) is 19.0 Å². The highest BCUT2D eigenvalue weighted by Gasteiger charge is 2.47. The number of furan rings is 1. The first-order valence-corrected chi connectivity index (χ1v) is 8.83. The number of carbonyl (C=O) groups excluding carboxylic acids is 1. The summed E-state index contributed by atoms with van der Waals surface area (Å²) < 4.78 is 11.7. The average molecular weight is 335 g/mol. The van der Waals surface area contributed by atoms with Crippen LogP contribution >= 0.6 is 0 Å². The van der Waals surface area contributed by atoms with Gasteiger partial charge in [-0.1, -0.05) is 0 Å². The number of hydrogen-bond donors (Lipinski definition) is 1. The van der Waals surface area contributed by atoms with Gasteiger partial charge in [0.05, 0.1) is 12.6 Å². The lowest BCUT2D eigenvalue weighted by molar-refractivity contribution is -0.0255. The van der Waals surface area contributed by atoms with E-state index < -0.39 is 0 Å². The van der Waals surface area contributed by atoms with E-state index in [0.29, 0.717) is 12.6 Å². The molecule has 0 spiro atoms. The van der Waals surface area contributed by atoms with Crippen LogP contribution in [0.25, 0.3) is 0 Å². The van der Waals surface area contributed by atoms with Crippen molar-refractivity contribution in [3.63, 3.8) is 0 Å². The molecule has 0 unspecified atom stereocenters. The van der Waals surface area contributed by atoms with Gasteiger partial charge in [-0.25, -0.2) is 4.79 Å². The molecular weight excluding hydrogens is 306 g/mol. The number of urea groups is 1. The third-order valence-electron chi connectivity index (χ3n) is 5.33. The molecule has 1 N–H and O–H groups in total. The van der Waals surface area contributed by atoms with Crippen molar-refractivity contribution in [2.75, 3.05) is 40.3 Å². The van der Waals surface area contributed by atoms with Crippen LogP contribution in [-0.2, 0) is 11.3 Å². The van der Waals surface area contributed by atoms with Gasteiger partial charge in [-0.2, -0.15) is 0 Å². The van der Waals surface area contributed by atoms with Gasteiger partial charge >= 0.3 is 6.03 Å². The van der Waals surface area contributed by atoms with Crippen LogP contribution in [-0.4, -0.2) is 62.3 Å². The summed E-state index contributed by atoms with van der Waals surface area (Å²) >= 11 is 0. The standard InChI is InChI=1S/C18H29N3O3/c1-14-4-5-15(24-14)12-21-10-6-16-18(13-21,8-11-23-16)7-9-19-17(22)20(2)3/h4-5,16H,6-13H2,1-3H3,(H,19,22)/t16-,18+/m0/s1. The van der Waals surface area contributed by atoms with Gasteiger partial charge < -0.3 is 19.4 Å². The van der Waals surface area contributed by atoms with Gasteiger partial charge in [0.15, 0.2) is 0 Å². The highest BCUT2D eigenvalue weighted by Crippen LogP contribution is 2.43. The largest absolute Gasteiger partial charge is 0.465 e. The fourth-order valence-electron chi connectivity index (χ4n) is 4.00. The first-order chi connectivity index (χ1) is 11.5. The Hall–Kier alpha value is -1.53. The Morgan fingerprint density at radius 1 is 1.46 bits per heavy atom. The highest BCUT2D eigenvalue weighted by molar-refractivity contribution is 5.73. The van der Waals surface area contributed by atoms with E-state index in [1.807, 2.05) is 13.0 Å². The average Bonchev–Trinajstić information content (AvgIpc) is 3.13. The smallest absolute Gasteiger partial charge is 0.316 e. The minimum Gasteiger partial charge on any atom is -0.465 e. The molecule has 2 amide bonds. The van der Waals surface area contributed by atoms with E-state index >= 15 is 0 Å². The molecule has 2 fully saturated rings. The zero-order valence-electron chi connectivity index (χ0n) is 15.0. The fourth-order valence-corrected chi connectivity index (χ4v) is 4.00. The maximum absolute atomic E-state index is 11.7. The first-order valence-electron chi connectivity index (χ1n) is 8.83. The van der Waals surface area contributed by atoms with Crippen molar-refractivity contribution >= 4 is 6.03 Å². The Labute approximate surface area is 144 Å². The Kier molecular flexibility index (Phi) is 5.15. The number of aryl methyl sites for hydroxylation is 1. The molecule has 134 valence electrons. The second-order valence-corrected chi connectivity index (χ2v) is 7.36. The van der Waals surface area contributed by atoms with Crippen LogP contribution in [0, 0.1) is 12.3 Å². The minimum absolute atomic E-state index is 0.0272. The minimum atomic E-state index is -0.0272. The molecule has 2 aliphatic rings. The summed E-state index contributed by atoms with van der Waals surface area (Å²) in [6, 6.07) is 4.06. The van der Waals surface area contributed by atoms with Crippen LogP contribution in [0.3, 0.4) is 0 Å². The number of hydrogen-bond acceptors (Lipinski definition) is 4. The molecule has 0 aliphatic carbocycles. The Morgan fingerprint density at radius 2 is 2.29 bits per heavy atom. The second-order valence-electron chi connectivity index (χ2n) is 7.36. The number of fused-ring (bicyclic) bond motifs is 1. The summed E-state index contributed by atoms with van der Waals surface area (Å²) in [5.74, 6) is 1.99. The van der Waals surface area contributed by atoms with Crippen LogP contribution < -0.4 is 5.32 Å². The van der Waals surface area contributed by atoms with E-state index in [2.05, 4.69) is 16.3 Å². The Morgan fingerprint density at radius 3 is 3.00 bits per heavy atom. The van der Waals surface area contributed by atoms with Crippen LogP contribution in [0.5, 0.6) is 0 Å². The van der Waals surface area contributed by atoms with Crippen molar-refractivity contribution in [3.05, 3.63) is 23.7 Å². The maximum atomic E-state index is 11.7. The molecule has 0 bridgehead atoms. The third kappa shape index (κ3) is 3.75. The van der Waals surface area contributed by atoms with E-state index in [1.165, 1.54) is 0 Å². The molecule has 2 atom stereocenters. The van der Waals surface area contributed by atoms with Crippen LogP contribution in [0.4, 0.5) is 4.79 Å². The zero-order chi connectivity index (χ0) is 17.2. The SMILES string of the molecule is Cc1ccc(CN2CC[C@@H]3OCC[C@]3(CCNC(=O)N(C)C)C2)o1. The van der Waals surface area contributed by atoms with E-state index in [-0.39, 0.29) is 11.4 Å². The number of nitrogens with zero attached hydrogens (tertiary/aromatic N) is 2. The number of carbonyl (C=O) groups is 1. The molecule has 6 heteroatoms. The maximum Gasteiger partial charge on any atom is 0.316 e. The normalized spacial score (nSPS) is 27.0. The molecule has 3 rings (SSSR count).